The summed E-state index contributed by atoms with van der Waals surface area (Å²) in [5.41, 5.74) is 2.29. The lowest BCUT2D eigenvalue weighted by molar-refractivity contribution is -0.833. The summed E-state index contributed by atoms with van der Waals surface area (Å²) in [6.07, 6.45) is 18.2. The zero-order valence-corrected chi connectivity index (χ0v) is 67.6. The van der Waals surface area contributed by atoms with Crippen LogP contribution in [0.5, 0.6) is 5.75 Å². The predicted molar refractivity (Wildman–Crippen MR) is 397 cm³/mol. The van der Waals surface area contributed by atoms with Gasteiger partial charge in [0.05, 0.1) is 41.7 Å². The largest absolute Gasteiger partial charge is 0.496 e. The van der Waals surface area contributed by atoms with E-state index in [1.165, 1.54) is 125 Å². The molecule has 6 saturated carbocycles. The van der Waals surface area contributed by atoms with Gasteiger partial charge >= 0.3 is 41.8 Å². The third-order valence-electron chi connectivity index (χ3n) is 21.4. The zero-order valence-electron chi connectivity index (χ0n) is 66.0. The third kappa shape index (κ3) is 28.6. The molecule has 0 amide bonds. The van der Waals surface area contributed by atoms with E-state index in [2.05, 4.69) is 110 Å². The van der Waals surface area contributed by atoms with Crippen molar-refractivity contribution in [3.8, 4) is 5.75 Å². The summed E-state index contributed by atoms with van der Waals surface area (Å²) in [5.74, 6) is -3.71. The van der Waals surface area contributed by atoms with Crippen molar-refractivity contribution in [2.45, 2.75) is 267 Å². The average molecular weight is 1530 g/mol. The van der Waals surface area contributed by atoms with Gasteiger partial charge in [-0.1, -0.05) is 72.2 Å². The first kappa shape index (κ1) is 91.6. The number of alkyl halides is 4. The van der Waals surface area contributed by atoms with E-state index in [-0.39, 0.29) is 34.4 Å². The number of halogens is 4. The topological polar surface area (TPSA) is 241 Å². The quantitative estimate of drug-likeness (QED) is 0.0208. The van der Waals surface area contributed by atoms with E-state index < -0.39 is 119 Å². The van der Waals surface area contributed by atoms with Gasteiger partial charge < -0.3 is 42.8 Å². The minimum atomic E-state index is -3.53. The molecule has 0 aromatic heterocycles. The minimum absolute atomic E-state index is 0.0130. The molecule has 19 nitrogen and oxygen atoms in total. The number of quaternary nitrogens is 1. The summed E-state index contributed by atoms with van der Waals surface area (Å²) in [4.78, 5) is 83.4. The van der Waals surface area contributed by atoms with Crippen LogP contribution in [-0.4, -0.2) is 150 Å². The number of unbranched alkanes of at least 4 members (excludes halogenated alkanes) is 2. The molecule has 6 bridgehead atoms. The molecule has 8 aliphatic rings. The van der Waals surface area contributed by atoms with Crippen molar-refractivity contribution in [3.05, 3.63) is 65.7 Å². The van der Waals surface area contributed by atoms with Gasteiger partial charge in [-0.15, -0.1) is 0 Å². The average Bonchev–Trinajstić information content (AvgIpc) is 1.64. The first-order chi connectivity index (χ1) is 48.9. The molecule has 8 fully saturated rings. The summed E-state index contributed by atoms with van der Waals surface area (Å²) in [7, 11) is -1.26. The first-order valence-electron chi connectivity index (χ1n) is 37.7. The number of carbonyl (C=O) groups is 7. The van der Waals surface area contributed by atoms with E-state index in [0.717, 1.165) is 24.0 Å². The number of esters is 7. The molecule has 25 heteroatoms. The van der Waals surface area contributed by atoms with Gasteiger partial charge in [0.1, 0.15) is 40.8 Å². The molecule has 1 N–H and O–H groups in total. The summed E-state index contributed by atoms with van der Waals surface area (Å²) in [5, 5.41) is -0.448. The van der Waals surface area contributed by atoms with Gasteiger partial charge in [-0.05, 0) is 225 Å². The number of ether oxygens (including phenoxy) is 8. The molecule has 596 valence electrons. The van der Waals surface area contributed by atoms with Crippen molar-refractivity contribution in [1.82, 2.24) is 0 Å². The van der Waals surface area contributed by atoms with Crippen molar-refractivity contribution in [3.63, 3.8) is 0 Å². The molecule has 2 heterocycles. The standard InChI is InChI=1S/C17H28O2.C15H22O7S.C14H23N.C14H21OS.C11H18F2O4.C9H12F2O4/c1-5-16(2,3)15(18)19-17(4)13-7-11-6-12(9-13)10-14(17)8-11;1-4-15(2,3)14(17)20-7-11(16)21-12-8-5-9-10(6-8)23(18,19)22-13(9)12;1-3-5-12-15(13-6-4-2)14-10-8-7-9-11-14;1-11-9-13(10-12(2)14(11)15-3)16-7-5-4-6-8-16;1-5-10(2,3)9(15)16-6-8(14)17-7-11(4,12)13;1-6(2)8(13)14-4-7(12)15-5-9(3,10)11/h11-14H,5-10H2,1-4H3;8-10,12-13H,4-7H2,1-3H3;7-11H,3-6,12-13H2,1-2H3;9-10H,4-8H2,1-3H3;5-7H2,1-4H3;1,4-5H2,2-3H3/q;;;+1;;/p+1. The van der Waals surface area contributed by atoms with Crippen molar-refractivity contribution in [2.24, 2.45) is 51.8 Å². The Kier molecular flexibility index (Phi) is 35.9. The lowest BCUT2D eigenvalue weighted by Crippen LogP contribution is -3.07. The SMILES string of the molecule is C=C(C)C(=O)OCC(=O)OCC(C)(F)F.CCC(C)(C)C(=O)OC1(C)C2CC3CC(C2)CC1C3.CCC(C)(C)C(=O)OCC(=O)OC1C2CC3C1OS(=O)(=O)C3C2.CCC(C)(C)C(=O)OCC(=O)OCC(C)(F)F.CCCC[NH+](CCCC)c1ccccc1.COc1c(C)cc([S+]2CCCCC2)cc1C. The Morgan fingerprint density at radius 1 is 0.619 bits per heavy atom. The number of para-hydroxylation sites is 1. The molecule has 5 atom stereocenters. The van der Waals surface area contributed by atoms with Crippen LogP contribution in [0.15, 0.2) is 59.5 Å². The molecule has 105 heavy (non-hydrogen) atoms. The van der Waals surface area contributed by atoms with Gasteiger partial charge in [0.25, 0.3) is 22.0 Å². The van der Waals surface area contributed by atoms with Crippen LogP contribution in [0.1, 0.15) is 224 Å². The number of aryl methyl sites for hydroxylation is 2. The second-order valence-corrected chi connectivity index (χ2v) is 35.8. The number of methoxy groups -OCH3 is 1. The van der Waals surface area contributed by atoms with E-state index in [0.29, 0.717) is 62.3 Å². The summed E-state index contributed by atoms with van der Waals surface area (Å²) < 4.78 is 117. The minimum Gasteiger partial charge on any atom is -0.496 e. The maximum atomic E-state index is 12.5. The maximum absolute atomic E-state index is 12.5. The van der Waals surface area contributed by atoms with Crippen molar-refractivity contribution in [1.29, 1.82) is 0 Å². The Morgan fingerprint density at radius 3 is 1.50 bits per heavy atom. The summed E-state index contributed by atoms with van der Waals surface area (Å²) in [6.45, 7) is 32.3. The monoisotopic (exact) mass is 1530 g/mol. The molecule has 0 spiro atoms. The van der Waals surface area contributed by atoms with Crippen LogP contribution in [0.25, 0.3) is 0 Å². The number of carbonyl (C=O) groups excluding carboxylic acids is 7. The molecule has 2 aliphatic heterocycles. The fourth-order valence-corrected chi connectivity index (χ4v) is 18.4. The summed E-state index contributed by atoms with van der Waals surface area (Å²) in [6, 6.07) is 15.6. The van der Waals surface area contributed by atoms with Gasteiger partial charge in [0, 0.05) is 42.2 Å². The van der Waals surface area contributed by atoms with Crippen LogP contribution in [0.3, 0.4) is 0 Å². The number of fused-ring (bicyclic) bond motifs is 1. The molecule has 2 aromatic carbocycles. The highest BCUT2D eigenvalue weighted by atomic mass is 32.2. The van der Waals surface area contributed by atoms with Gasteiger partial charge in [-0.3, -0.25) is 18.6 Å². The van der Waals surface area contributed by atoms with Crippen LogP contribution in [0.4, 0.5) is 23.2 Å². The lowest BCUT2D eigenvalue weighted by atomic mass is 9.50. The Labute approximate surface area is 626 Å². The van der Waals surface area contributed by atoms with E-state index in [1.807, 2.05) is 20.8 Å². The van der Waals surface area contributed by atoms with Crippen LogP contribution in [0, 0.1) is 65.6 Å². The van der Waals surface area contributed by atoms with Gasteiger partial charge in [-0.25, -0.2) is 36.7 Å². The Hall–Kier alpha value is -5.79. The van der Waals surface area contributed by atoms with Gasteiger partial charge in [-0.2, -0.15) is 8.42 Å². The molecule has 10 rings (SSSR count). The molecular formula is C80H125F4NO18S2+2. The highest BCUT2D eigenvalue weighted by Gasteiger charge is 2.65. The van der Waals surface area contributed by atoms with E-state index >= 15 is 0 Å². The Bertz CT molecular complexity index is 3210. The van der Waals surface area contributed by atoms with Crippen LogP contribution in [0.2, 0.25) is 0 Å². The van der Waals surface area contributed by atoms with Crippen LogP contribution in [-0.2, 0) is 91.9 Å². The van der Waals surface area contributed by atoms with Gasteiger partial charge in [0.15, 0.2) is 37.9 Å². The molecule has 6 aliphatic carbocycles. The number of hydrogen-bond acceptors (Lipinski definition) is 18. The number of nitrogens with one attached hydrogen (secondary N) is 1. The first-order valence-corrected chi connectivity index (χ1v) is 40.8. The maximum Gasteiger partial charge on any atom is 0.344 e. The fourth-order valence-electron chi connectivity index (χ4n) is 14.0. The van der Waals surface area contributed by atoms with Crippen LogP contribution >= 0.6 is 0 Å². The molecule has 2 saturated heterocycles. The molecular weight excluding hydrogens is 1400 g/mol. The third-order valence-corrected chi connectivity index (χ3v) is 25.7. The van der Waals surface area contributed by atoms with E-state index in [1.54, 1.807) is 51.5 Å². The van der Waals surface area contributed by atoms with Crippen LogP contribution < -0.4 is 9.64 Å². The highest BCUT2D eigenvalue weighted by Crippen LogP contribution is 2.60. The number of rotatable bonds is 28. The highest BCUT2D eigenvalue weighted by molar-refractivity contribution is 7.97. The molecule has 5 unspecified atom stereocenters. The van der Waals surface area contributed by atoms with E-state index in [9.17, 15) is 59.5 Å². The van der Waals surface area contributed by atoms with Gasteiger partial charge in [0.2, 0.25) is 0 Å². The van der Waals surface area contributed by atoms with Crippen molar-refractivity contribution in [2.75, 3.05) is 64.7 Å². The lowest BCUT2D eigenvalue weighted by Gasteiger charge is -2.59. The normalized spacial score (nSPS) is 23.8. The zero-order chi connectivity index (χ0) is 79.1. The Balaban J connectivity index is 0.000000269. The summed E-state index contributed by atoms with van der Waals surface area (Å²) >= 11 is 0. The Morgan fingerprint density at radius 2 is 1.07 bits per heavy atom. The second-order valence-electron chi connectivity index (χ2n) is 31.7. The van der Waals surface area contributed by atoms with Crippen molar-refractivity contribution < 1.29 is 107 Å². The second kappa shape index (κ2) is 41.1. The van der Waals surface area contributed by atoms with E-state index in [4.69, 9.17) is 23.1 Å². The smallest absolute Gasteiger partial charge is 0.344 e. The molecule has 0 radical (unpaired) electrons. The fraction of sp³-hybridized carbons (Fsp3) is 0.738. The van der Waals surface area contributed by atoms with Crippen molar-refractivity contribution >= 4 is 68.5 Å². The number of benzene rings is 2. The predicted octanol–water partition coefficient (Wildman–Crippen LogP) is 14.9. The molecule has 2 aromatic rings. The number of hydrogen-bond donors (Lipinski definition) is 1.